The molecule has 0 fully saturated rings. The zero-order chi connectivity index (χ0) is 18.4. The molecule has 0 unspecified atom stereocenters. The van der Waals surface area contributed by atoms with Crippen molar-refractivity contribution in [1.82, 2.24) is 0 Å². The number of benzene rings is 3. The van der Waals surface area contributed by atoms with E-state index in [1.54, 1.807) is 48.5 Å². The lowest BCUT2D eigenvalue weighted by Gasteiger charge is -2.06. The number of carbonyl (C=O) groups excluding carboxylic acids is 1. The minimum Gasteiger partial charge on any atom is -0.508 e. The molecule has 0 aliphatic carbocycles. The van der Waals surface area contributed by atoms with Crippen molar-refractivity contribution >= 4 is 5.97 Å². The molecular formula is C22H17NO3. The minimum atomic E-state index is -0.302. The van der Waals surface area contributed by atoms with Crippen molar-refractivity contribution in [2.75, 3.05) is 0 Å². The number of rotatable bonds is 5. The Bertz CT molecular complexity index is 921. The van der Waals surface area contributed by atoms with E-state index in [-0.39, 0.29) is 18.1 Å². The highest BCUT2D eigenvalue weighted by molar-refractivity contribution is 5.73. The van der Waals surface area contributed by atoms with Gasteiger partial charge in [-0.1, -0.05) is 36.4 Å². The predicted molar refractivity (Wildman–Crippen MR) is 98.7 cm³/mol. The zero-order valence-corrected chi connectivity index (χ0v) is 14.1. The number of carbonyl (C=O) groups is 1. The maximum Gasteiger partial charge on any atom is 0.311 e. The number of nitriles is 1. The summed E-state index contributed by atoms with van der Waals surface area (Å²) in [5.41, 5.74) is 3.57. The Morgan fingerprint density at radius 1 is 0.885 bits per heavy atom. The SMILES string of the molecule is N#Cc1ccc(-c2ccc(OC(=O)CCc3ccc(O)cc3)cc2)cc1. The average molecular weight is 343 g/mol. The molecule has 0 saturated carbocycles. The third kappa shape index (κ3) is 4.49. The topological polar surface area (TPSA) is 70.3 Å². The van der Waals surface area contributed by atoms with Crippen LogP contribution in [0.1, 0.15) is 17.5 Å². The lowest BCUT2D eigenvalue weighted by atomic mass is 10.0. The summed E-state index contributed by atoms with van der Waals surface area (Å²) in [4.78, 5) is 12.0. The first kappa shape index (κ1) is 17.2. The number of hydrogen-bond acceptors (Lipinski definition) is 4. The highest BCUT2D eigenvalue weighted by Crippen LogP contribution is 2.23. The van der Waals surface area contributed by atoms with E-state index < -0.39 is 0 Å². The number of esters is 1. The van der Waals surface area contributed by atoms with Gasteiger partial charge in [0.25, 0.3) is 0 Å². The predicted octanol–water partition coefficient (Wildman–Crippen LogP) is 4.47. The van der Waals surface area contributed by atoms with Gasteiger partial charge in [-0.3, -0.25) is 4.79 Å². The molecule has 3 rings (SSSR count). The molecule has 1 N–H and O–H groups in total. The van der Waals surface area contributed by atoms with Crippen molar-refractivity contribution in [3.8, 4) is 28.7 Å². The van der Waals surface area contributed by atoms with Gasteiger partial charge in [0.1, 0.15) is 11.5 Å². The summed E-state index contributed by atoms with van der Waals surface area (Å²) in [5.74, 6) is 0.404. The van der Waals surface area contributed by atoms with Crippen LogP contribution in [0.5, 0.6) is 11.5 Å². The molecule has 0 aromatic heterocycles. The fourth-order valence-corrected chi connectivity index (χ4v) is 2.54. The Labute approximate surface area is 151 Å². The van der Waals surface area contributed by atoms with Crippen LogP contribution in [0.25, 0.3) is 11.1 Å². The fourth-order valence-electron chi connectivity index (χ4n) is 2.54. The second-order valence-corrected chi connectivity index (χ2v) is 5.85. The molecule has 0 spiro atoms. The Balaban J connectivity index is 1.57. The average Bonchev–Trinajstić information content (AvgIpc) is 2.68. The second kappa shape index (κ2) is 8.00. The normalized spacial score (nSPS) is 10.1. The molecule has 0 aliphatic heterocycles. The van der Waals surface area contributed by atoms with Gasteiger partial charge in [-0.15, -0.1) is 0 Å². The van der Waals surface area contributed by atoms with Crippen molar-refractivity contribution in [3.05, 3.63) is 83.9 Å². The third-order valence-electron chi connectivity index (χ3n) is 3.99. The number of nitrogens with zero attached hydrogens (tertiary/aromatic N) is 1. The van der Waals surface area contributed by atoms with Crippen molar-refractivity contribution in [2.45, 2.75) is 12.8 Å². The molecule has 128 valence electrons. The number of phenols is 1. The molecule has 26 heavy (non-hydrogen) atoms. The largest absolute Gasteiger partial charge is 0.508 e. The summed E-state index contributed by atoms with van der Waals surface area (Å²) >= 11 is 0. The van der Waals surface area contributed by atoms with Crippen LogP contribution in [0.15, 0.2) is 72.8 Å². The van der Waals surface area contributed by atoms with Gasteiger partial charge in [0.2, 0.25) is 0 Å². The first-order valence-corrected chi connectivity index (χ1v) is 8.23. The van der Waals surface area contributed by atoms with E-state index in [1.165, 1.54) is 0 Å². The molecule has 0 saturated heterocycles. The molecule has 0 aliphatic rings. The first-order valence-electron chi connectivity index (χ1n) is 8.23. The van der Waals surface area contributed by atoms with Crippen LogP contribution in [0.4, 0.5) is 0 Å². The molecular weight excluding hydrogens is 326 g/mol. The Morgan fingerprint density at radius 3 is 2.04 bits per heavy atom. The van der Waals surface area contributed by atoms with E-state index in [2.05, 4.69) is 6.07 Å². The van der Waals surface area contributed by atoms with Crippen LogP contribution in [0.2, 0.25) is 0 Å². The van der Waals surface area contributed by atoms with Gasteiger partial charge in [0, 0.05) is 6.42 Å². The molecule has 0 heterocycles. The fraction of sp³-hybridized carbons (Fsp3) is 0.0909. The third-order valence-corrected chi connectivity index (χ3v) is 3.99. The van der Waals surface area contributed by atoms with E-state index in [9.17, 15) is 9.90 Å². The number of aromatic hydroxyl groups is 1. The molecule has 4 nitrogen and oxygen atoms in total. The molecule has 0 atom stereocenters. The summed E-state index contributed by atoms with van der Waals surface area (Å²) in [7, 11) is 0. The van der Waals surface area contributed by atoms with Crippen LogP contribution in [0, 0.1) is 11.3 Å². The number of phenolic OH excluding ortho intramolecular Hbond substituents is 1. The lowest BCUT2D eigenvalue weighted by Crippen LogP contribution is -2.08. The second-order valence-electron chi connectivity index (χ2n) is 5.85. The summed E-state index contributed by atoms with van der Waals surface area (Å²) in [6.07, 6.45) is 0.824. The summed E-state index contributed by atoms with van der Waals surface area (Å²) in [6.45, 7) is 0. The summed E-state index contributed by atoms with van der Waals surface area (Å²) < 4.78 is 5.36. The van der Waals surface area contributed by atoms with E-state index in [0.29, 0.717) is 17.7 Å². The smallest absolute Gasteiger partial charge is 0.311 e. The number of aryl methyl sites for hydroxylation is 1. The quantitative estimate of drug-likeness (QED) is 0.548. The zero-order valence-electron chi connectivity index (χ0n) is 14.1. The van der Waals surface area contributed by atoms with Gasteiger partial charge in [0.05, 0.1) is 11.6 Å². The van der Waals surface area contributed by atoms with Crippen molar-refractivity contribution in [3.63, 3.8) is 0 Å². The van der Waals surface area contributed by atoms with Gasteiger partial charge in [-0.25, -0.2) is 0 Å². The van der Waals surface area contributed by atoms with Crippen LogP contribution in [0.3, 0.4) is 0 Å². The van der Waals surface area contributed by atoms with Gasteiger partial charge in [0.15, 0.2) is 0 Å². The standard InChI is InChI=1S/C22H17NO3/c23-15-17-1-6-18(7-2-17)19-8-12-21(13-9-19)26-22(25)14-5-16-3-10-20(24)11-4-16/h1-4,6-13,24H,5,14H2. The van der Waals surface area contributed by atoms with Gasteiger partial charge in [-0.05, 0) is 59.5 Å². The maximum atomic E-state index is 12.0. The van der Waals surface area contributed by atoms with Gasteiger partial charge < -0.3 is 9.84 Å². The van der Waals surface area contributed by atoms with E-state index in [0.717, 1.165) is 16.7 Å². The van der Waals surface area contributed by atoms with Crippen LogP contribution in [-0.4, -0.2) is 11.1 Å². The number of hydrogen-bond donors (Lipinski definition) is 1. The van der Waals surface area contributed by atoms with Gasteiger partial charge >= 0.3 is 5.97 Å². The number of ether oxygens (including phenoxy) is 1. The molecule has 0 bridgehead atoms. The summed E-state index contributed by atoms with van der Waals surface area (Å²) in [5, 5.41) is 18.1. The first-order chi connectivity index (χ1) is 12.6. The Hall–Kier alpha value is -3.58. The van der Waals surface area contributed by atoms with Crippen LogP contribution < -0.4 is 4.74 Å². The highest BCUT2D eigenvalue weighted by atomic mass is 16.5. The van der Waals surface area contributed by atoms with E-state index in [1.807, 2.05) is 24.3 Å². The van der Waals surface area contributed by atoms with E-state index in [4.69, 9.17) is 10.00 Å². The maximum absolute atomic E-state index is 12.0. The molecule has 3 aromatic carbocycles. The van der Waals surface area contributed by atoms with Crippen molar-refractivity contribution in [2.24, 2.45) is 0 Å². The monoisotopic (exact) mass is 343 g/mol. The molecule has 0 amide bonds. The minimum absolute atomic E-state index is 0.207. The van der Waals surface area contributed by atoms with Crippen molar-refractivity contribution < 1.29 is 14.6 Å². The highest BCUT2D eigenvalue weighted by Gasteiger charge is 2.06. The summed E-state index contributed by atoms with van der Waals surface area (Å²) in [6, 6.07) is 23.4. The Morgan fingerprint density at radius 2 is 1.46 bits per heavy atom. The molecule has 4 heteroatoms. The Kier molecular flexibility index (Phi) is 5.31. The molecule has 0 radical (unpaired) electrons. The van der Waals surface area contributed by atoms with Crippen LogP contribution >= 0.6 is 0 Å². The van der Waals surface area contributed by atoms with Crippen LogP contribution in [-0.2, 0) is 11.2 Å². The lowest BCUT2D eigenvalue weighted by molar-refractivity contribution is -0.134. The van der Waals surface area contributed by atoms with E-state index >= 15 is 0 Å². The molecule has 3 aromatic rings. The van der Waals surface area contributed by atoms with Gasteiger partial charge in [-0.2, -0.15) is 5.26 Å². The van der Waals surface area contributed by atoms with Crippen molar-refractivity contribution in [1.29, 1.82) is 5.26 Å².